The lowest BCUT2D eigenvalue weighted by Crippen LogP contribution is -2.55. The number of hydrogen-bond donors (Lipinski definition) is 2. The van der Waals surface area contributed by atoms with Crippen molar-refractivity contribution in [1.29, 1.82) is 0 Å². The first-order chi connectivity index (χ1) is 7.02. The Morgan fingerprint density at radius 2 is 1.93 bits per heavy atom. The zero-order chi connectivity index (χ0) is 11.1. The Balaban J connectivity index is 2.11. The third-order valence-electron chi connectivity index (χ3n) is 3.71. The van der Waals surface area contributed by atoms with Gasteiger partial charge < -0.3 is 15.4 Å². The minimum atomic E-state index is -0.331. The highest BCUT2D eigenvalue weighted by Crippen LogP contribution is 2.38. The van der Waals surface area contributed by atoms with Crippen LogP contribution in [0.1, 0.15) is 27.2 Å². The van der Waals surface area contributed by atoms with Crippen LogP contribution in [-0.2, 0) is 9.53 Å². The van der Waals surface area contributed by atoms with Crippen LogP contribution in [-0.4, -0.2) is 30.8 Å². The van der Waals surface area contributed by atoms with Crippen LogP contribution in [0.4, 0.5) is 0 Å². The minimum absolute atomic E-state index is 0.0553. The number of hydrogen-bond acceptors (Lipinski definition) is 4. The normalized spacial score (nSPS) is 36.6. The van der Waals surface area contributed by atoms with E-state index in [1.807, 2.05) is 13.8 Å². The molecule has 0 aromatic carbocycles. The first kappa shape index (κ1) is 10.9. The summed E-state index contributed by atoms with van der Waals surface area (Å²) in [6, 6.07) is 0. The lowest BCUT2D eigenvalue weighted by Gasteiger charge is -2.31. The number of carbonyl (C=O) groups excluding carboxylic acids is 1. The lowest BCUT2D eigenvalue weighted by atomic mass is 9.82. The van der Waals surface area contributed by atoms with Crippen LogP contribution in [0.25, 0.3) is 0 Å². The van der Waals surface area contributed by atoms with Gasteiger partial charge in [-0.15, -0.1) is 0 Å². The number of nitrogens with one attached hydrogen (secondary N) is 2. The third-order valence-corrected chi connectivity index (χ3v) is 3.71. The van der Waals surface area contributed by atoms with Gasteiger partial charge in [-0.25, -0.2) is 0 Å². The number of carbonyl (C=O) groups is 1. The molecule has 0 bridgehead atoms. The Morgan fingerprint density at radius 3 is 2.40 bits per heavy atom. The fraction of sp³-hybridized carbons (Fsp3) is 0.909. The molecular formula is C11H20N2O2. The molecule has 0 saturated carbocycles. The number of rotatable bonds is 1. The third kappa shape index (κ3) is 1.88. The molecule has 0 aromatic rings. The van der Waals surface area contributed by atoms with E-state index in [9.17, 15) is 4.79 Å². The molecule has 0 amide bonds. The Labute approximate surface area is 90.8 Å². The predicted molar refractivity (Wildman–Crippen MR) is 57.2 cm³/mol. The molecule has 2 fully saturated rings. The van der Waals surface area contributed by atoms with Crippen molar-refractivity contribution in [3.63, 3.8) is 0 Å². The molecule has 86 valence electrons. The summed E-state index contributed by atoms with van der Waals surface area (Å²) in [6.07, 6.45) is 1.21. The smallest absolute Gasteiger partial charge is 0.312 e. The quantitative estimate of drug-likeness (QED) is 0.621. The van der Waals surface area contributed by atoms with E-state index < -0.39 is 0 Å². The summed E-state index contributed by atoms with van der Waals surface area (Å²) in [6.45, 7) is 8.02. The molecule has 0 spiro atoms. The van der Waals surface area contributed by atoms with E-state index in [-0.39, 0.29) is 29.6 Å². The number of ether oxygens (including phenoxy) is 1. The van der Waals surface area contributed by atoms with Crippen LogP contribution in [0, 0.1) is 11.8 Å². The zero-order valence-electron chi connectivity index (χ0n) is 9.67. The Hall–Kier alpha value is -0.610. The van der Waals surface area contributed by atoms with E-state index in [2.05, 4.69) is 17.6 Å². The molecule has 15 heavy (non-hydrogen) atoms. The van der Waals surface area contributed by atoms with Crippen molar-refractivity contribution in [3.8, 4) is 0 Å². The van der Waals surface area contributed by atoms with E-state index >= 15 is 0 Å². The van der Waals surface area contributed by atoms with E-state index in [4.69, 9.17) is 4.74 Å². The predicted octanol–water partition coefficient (Wildman–Crippen LogP) is 0.483. The molecule has 4 nitrogen and oxygen atoms in total. The maximum Gasteiger partial charge on any atom is 0.312 e. The summed E-state index contributed by atoms with van der Waals surface area (Å²) in [5.41, 5.74) is -0.331. The van der Waals surface area contributed by atoms with Crippen LogP contribution >= 0.6 is 0 Å². The van der Waals surface area contributed by atoms with Crippen LogP contribution in [0.15, 0.2) is 0 Å². The SMILES string of the molecule is CC1C(C2NCCCN2)C(=O)OC1(C)C. The van der Waals surface area contributed by atoms with E-state index in [1.165, 1.54) is 0 Å². The summed E-state index contributed by atoms with van der Waals surface area (Å²) < 4.78 is 5.41. The van der Waals surface area contributed by atoms with Gasteiger partial charge in [-0.1, -0.05) is 6.92 Å². The number of cyclic esters (lactones) is 1. The second-order valence-corrected chi connectivity index (χ2v) is 5.08. The lowest BCUT2D eigenvalue weighted by molar-refractivity contribution is -0.149. The average molecular weight is 212 g/mol. The zero-order valence-corrected chi connectivity index (χ0v) is 9.67. The minimum Gasteiger partial charge on any atom is -0.459 e. The van der Waals surface area contributed by atoms with E-state index in [1.54, 1.807) is 0 Å². The molecular weight excluding hydrogens is 192 g/mol. The molecule has 2 rings (SSSR count). The fourth-order valence-electron chi connectivity index (χ4n) is 2.41. The topological polar surface area (TPSA) is 50.4 Å². The summed E-state index contributed by atoms with van der Waals surface area (Å²) >= 11 is 0. The van der Waals surface area contributed by atoms with Gasteiger partial charge in [0.15, 0.2) is 0 Å². The summed E-state index contributed by atoms with van der Waals surface area (Å²) in [7, 11) is 0. The largest absolute Gasteiger partial charge is 0.459 e. The molecule has 2 saturated heterocycles. The van der Waals surface area contributed by atoms with E-state index in [0.29, 0.717) is 0 Å². The fourth-order valence-corrected chi connectivity index (χ4v) is 2.41. The molecule has 2 unspecified atom stereocenters. The summed E-state index contributed by atoms with van der Waals surface area (Å²) in [4.78, 5) is 11.8. The van der Waals surface area contributed by atoms with Gasteiger partial charge in [0.1, 0.15) is 5.60 Å². The van der Waals surface area contributed by atoms with Crippen LogP contribution in [0.3, 0.4) is 0 Å². The molecule has 2 aliphatic heterocycles. The molecule has 0 aromatic heterocycles. The summed E-state index contributed by atoms with van der Waals surface area (Å²) in [5, 5.41) is 6.70. The van der Waals surface area contributed by atoms with Crippen LogP contribution < -0.4 is 10.6 Å². The van der Waals surface area contributed by atoms with Gasteiger partial charge in [-0.3, -0.25) is 4.79 Å². The Morgan fingerprint density at radius 1 is 1.33 bits per heavy atom. The highest BCUT2D eigenvalue weighted by atomic mass is 16.6. The first-order valence-electron chi connectivity index (χ1n) is 5.72. The molecule has 2 aliphatic rings. The van der Waals surface area contributed by atoms with Crippen molar-refractivity contribution in [3.05, 3.63) is 0 Å². The Bertz CT molecular complexity index is 259. The van der Waals surface area contributed by atoms with Gasteiger partial charge in [-0.2, -0.15) is 0 Å². The molecule has 0 radical (unpaired) electrons. The average Bonchev–Trinajstić information content (AvgIpc) is 2.38. The Kier molecular flexibility index (Phi) is 2.73. The maximum absolute atomic E-state index is 11.8. The second-order valence-electron chi connectivity index (χ2n) is 5.08. The second kappa shape index (κ2) is 3.76. The molecule has 2 heterocycles. The van der Waals surface area contributed by atoms with Crippen molar-refractivity contribution >= 4 is 5.97 Å². The molecule has 2 atom stereocenters. The van der Waals surface area contributed by atoms with Gasteiger partial charge in [0.05, 0.1) is 12.1 Å². The van der Waals surface area contributed by atoms with Crippen molar-refractivity contribution < 1.29 is 9.53 Å². The van der Waals surface area contributed by atoms with Gasteiger partial charge >= 0.3 is 5.97 Å². The van der Waals surface area contributed by atoms with Crippen molar-refractivity contribution in [2.75, 3.05) is 13.1 Å². The monoisotopic (exact) mass is 212 g/mol. The maximum atomic E-state index is 11.8. The van der Waals surface area contributed by atoms with Crippen molar-refractivity contribution in [1.82, 2.24) is 10.6 Å². The van der Waals surface area contributed by atoms with Gasteiger partial charge in [0.25, 0.3) is 0 Å². The molecule has 0 aliphatic carbocycles. The van der Waals surface area contributed by atoms with Gasteiger partial charge in [-0.05, 0) is 33.4 Å². The van der Waals surface area contributed by atoms with Crippen molar-refractivity contribution in [2.45, 2.75) is 39.0 Å². The standard InChI is InChI=1S/C11H20N2O2/c1-7-8(9-12-5-4-6-13-9)10(14)15-11(7,2)3/h7-9,12-13H,4-6H2,1-3H3. The van der Waals surface area contributed by atoms with Crippen LogP contribution in [0.2, 0.25) is 0 Å². The number of esters is 1. The highest BCUT2D eigenvalue weighted by molar-refractivity contribution is 5.76. The van der Waals surface area contributed by atoms with Crippen molar-refractivity contribution in [2.24, 2.45) is 11.8 Å². The molecule has 4 heteroatoms. The first-order valence-corrected chi connectivity index (χ1v) is 5.72. The van der Waals surface area contributed by atoms with Gasteiger partial charge in [0.2, 0.25) is 0 Å². The van der Waals surface area contributed by atoms with Crippen LogP contribution in [0.5, 0.6) is 0 Å². The highest BCUT2D eigenvalue weighted by Gasteiger charge is 2.50. The summed E-state index contributed by atoms with van der Waals surface area (Å²) in [5.74, 6) is 0.118. The van der Waals surface area contributed by atoms with Gasteiger partial charge in [0, 0.05) is 5.92 Å². The molecule has 2 N–H and O–H groups in total. The van der Waals surface area contributed by atoms with E-state index in [0.717, 1.165) is 19.5 Å².